The number of halogens is 2. The minimum Gasteiger partial charge on any atom is -0.395 e. The Morgan fingerprint density at radius 3 is 2.53 bits per heavy atom. The van der Waals surface area contributed by atoms with Gasteiger partial charge in [0.05, 0.1) is 6.61 Å². The summed E-state index contributed by atoms with van der Waals surface area (Å²) in [5.74, 6) is -0.681. The molecule has 8 heteroatoms. The second-order valence-corrected chi connectivity index (χ2v) is 9.90. The van der Waals surface area contributed by atoms with Gasteiger partial charge in [0, 0.05) is 49.1 Å². The van der Waals surface area contributed by atoms with E-state index in [4.69, 9.17) is 0 Å². The molecule has 0 radical (unpaired) electrons. The number of carbonyl (C=O) groups excluding carboxylic acids is 1. The number of hydrogen-bond acceptors (Lipinski definition) is 4. The Bertz CT molecular complexity index is 1210. The van der Waals surface area contributed by atoms with E-state index < -0.39 is 11.6 Å². The number of piperidine rings is 2. The Balaban J connectivity index is 1.14. The summed E-state index contributed by atoms with van der Waals surface area (Å²) < 4.78 is 26.7. The van der Waals surface area contributed by atoms with E-state index in [-0.39, 0.29) is 18.6 Å². The van der Waals surface area contributed by atoms with E-state index in [2.05, 4.69) is 27.1 Å². The summed E-state index contributed by atoms with van der Waals surface area (Å²) in [6.07, 6.45) is 10.5. The van der Waals surface area contributed by atoms with Gasteiger partial charge in [-0.3, -0.25) is 9.69 Å². The monoisotopic (exact) mass is 494 g/mol. The number of aliphatic hydroxyl groups excluding tert-OH is 1. The fourth-order valence-electron chi connectivity index (χ4n) is 5.87. The van der Waals surface area contributed by atoms with Crippen LogP contribution in [0.5, 0.6) is 0 Å². The fraction of sp³-hybridized carbons (Fsp3) is 0.429. The molecule has 4 heterocycles. The first-order chi connectivity index (χ1) is 17.5. The fourth-order valence-corrected chi connectivity index (χ4v) is 5.87. The number of nitrogens with one attached hydrogen (secondary N) is 1. The number of amides is 1. The molecule has 0 spiro atoms. The maximum atomic E-state index is 13.4. The third-order valence-corrected chi connectivity index (χ3v) is 7.81. The van der Waals surface area contributed by atoms with Gasteiger partial charge in [0.1, 0.15) is 17.3 Å². The Labute approximate surface area is 209 Å². The smallest absolute Gasteiger partial charge is 0.246 e. The molecule has 6 nitrogen and oxygen atoms in total. The first-order valence-corrected chi connectivity index (χ1v) is 12.7. The summed E-state index contributed by atoms with van der Waals surface area (Å²) in [6.45, 7) is 3.22. The minimum absolute atomic E-state index is 0.0960. The molecule has 0 bridgehead atoms. The SMILES string of the molecule is O=C(/C=C/c1cc(F)cc(F)c1)N1CCC([C@@H](CO)N2CCC(c3c[nH]c4ncccc34)CC2)CC1. The highest BCUT2D eigenvalue weighted by Crippen LogP contribution is 2.35. The van der Waals surface area contributed by atoms with Crippen LogP contribution in [0, 0.1) is 17.6 Å². The first-order valence-electron chi connectivity index (χ1n) is 12.7. The zero-order valence-electron chi connectivity index (χ0n) is 20.2. The highest BCUT2D eigenvalue weighted by Gasteiger charge is 2.33. The number of pyridine rings is 1. The van der Waals surface area contributed by atoms with Crippen molar-refractivity contribution >= 4 is 23.0 Å². The molecule has 2 fully saturated rings. The molecule has 36 heavy (non-hydrogen) atoms. The average molecular weight is 495 g/mol. The topological polar surface area (TPSA) is 72.5 Å². The number of rotatable bonds is 6. The van der Waals surface area contributed by atoms with Gasteiger partial charge in [0.25, 0.3) is 0 Å². The molecule has 190 valence electrons. The zero-order chi connectivity index (χ0) is 25.1. The third-order valence-electron chi connectivity index (χ3n) is 7.81. The molecule has 5 rings (SSSR count). The van der Waals surface area contributed by atoms with Gasteiger partial charge in [-0.25, -0.2) is 13.8 Å². The third kappa shape index (κ3) is 5.34. The molecule has 2 aliphatic rings. The van der Waals surface area contributed by atoms with E-state index in [0.29, 0.717) is 30.5 Å². The van der Waals surface area contributed by atoms with Crippen LogP contribution in [0.4, 0.5) is 8.78 Å². The highest BCUT2D eigenvalue weighted by atomic mass is 19.1. The number of carbonyl (C=O) groups is 1. The molecular weight excluding hydrogens is 462 g/mol. The summed E-state index contributed by atoms with van der Waals surface area (Å²) in [5.41, 5.74) is 2.59. The van der Waals surface area contributed by atoms with Crippen molar-refractivity contribution in [3.05, 3.63) is 71.6 Å². The Morgan fingerprint density at radius 2 is 1.83 bits per heavy atom. The molecule has 1 aromatic carbocycles. The van der Waals surface area contributed by atoms with Crippen LogP contribution in [-0.2, 0) is 4.79 Å². The molecule has 0 aliphatic carbocycles. The predicted molar refractivity (Wildman–Crippen MR) is 135 cm³/mol. The Hall–Kier alpha value is -3.10. The van der Waals surface area contributed by atoms with E-state index in [1.165, 1.54) is 35.2 Å². The van der Waals surface area contributed by atoms with Gasteiger partial charge < -0.3 is 15.0 Å². The number of nitrogens with zero attached hydrogens (tertiary/aromatic N) is 3. The van der Waals surface area contributed by atoms with Crippen molar-refractivity contribution in [2.24, 2.45) is 5.92 Å². The summed E-state index contributed by atoms with van der Waals surface area (Å²) in [5, 5.41) is 11.4. The van der Waals surface area contributed by atoms with Crippen molar-refractivity contribution in [2.45, 2.75) is 37.6 Å². The summed E-state index contributed by atoms with van der Waals surface area (Å²) in [6, 6.07) is 7.40. The lowest BCUT2D eigenvalue weighted by Crippen LogP contribution is -2.50. The lowest BCUT2D eigenvalue weighted by atomic mass is 9.85. The molecule has 0 unspecified atom stereocenters. The van der Waals surface area contributed by atoms with Gasteiger partial charge in [-0.1, -0.05) is 0 Å². The second-order valence-electron chi connectivity index (χ2n) is 9.90. The lowest BCUT2D eigenvalue weighted by Gasteiger charge is -2.43. The van der Waals surface area contributed by atoms with Gasteiger partial charge in [0.2, 0.25) is 5.91 Å². The van der Waals surface area contributed by atoms with Crippen LogP contribution in [0.15, 0.2) is 48.8 Å². The van der Waals surface area contributed by atoms with Crippen molar-refractivity contribution in [2.75, 3.05) is 32.8 Å². The summed E-state index contributed by atoms with van der Waals surface area (Å²) >= 11 is 0. The number of fused-ring (bicyclic) bond motifs is 1. The number of aromatic amines is 1. The Kier molecular flexibility index (Phi) is 7.43. The van der Waals surface area contributed by atoms with Crippen LogP contribution in [0.25, 0.3) is 17.1 Å². The van der Waals surface area contributed by atoms with Crippen LogP contribution in [0.2, 0.25) is 0 Å². The van der Waals surface area contributed by atoms with Crippen molar-refractivity contribution < 1.29 is 18.7 Å². The minimum atomic E-state index is -0.666. The molecule has 0 saturated carbocycles. The quantitative estimate of drug-likeness (QED) is 0.501. The first kappa shape index (κ1) is 24.6. The van der Waals surface area contributed by atoms with E-state index in [0.717, 1.165) is 50.5 Å². The average Bonchev–Trinajstić information content (AvgIpc) is 3.32. The summed E-state index contributed by atoms with van der Waals surface area (Å²) in [4.78, 5) is 24.5. The number of benzene rings is 1. The molecule has 2 aromatic heterocycles. The molecule has 1 amide bonds. The van der Waals surface area contributed by atoms with Crippen LogP contribution >= 0.6 is 0 Å². The normalized spacial score (nSPS) is 19.4. The molecule has 2 N–H and O–H groups in total. The molecule has 2 saturated heterocycles. The van der Waals surface area contributed by atoms with Gasteiger partial charge in [-0.05, 0) is 92.1 Å². The van der Waals surface area contributed by atoms with Crippen molar-refractivity contribution in [1.82, 2.24) is 19.8 Å². The number of H-pyrrole nitrogens is 1. The number of hydrogen-bond donors (Lipinski definition) is 2. The maximum Gasteiger partial charge on any atom is 0.246 e. The van der Waals surface area contributed by atoms with Gasteiger partial charge in [0.15, 0.2) is 0 Å². The van der Waals surface area contributed by atoms with Crippen molar-refractivity contribution in [3.8, 4) is 0 Å². The molecular formula is C28H32F2N4O2. The second kappa shape index (κ2) is 10.9. The van der Waals surface area contributed by atoms with Gasteiger partial charge in [-0.2, -0.15) is 0 Å². The van der Waals surface area contributed by atoms with E-state index in [1.54, 1.807) is 11.1 Å². The number of aromatic nitrogens is 2. The van der Waals surface area contributed by atoms with Crippen molar-refractivity contribution in [3.63, 3.8) is 0 Å². The number of aliphatic hydroxyl groups is 1. The van der Waals surface area contributed by atoms with Crippen LogP contribution in [0.1, 0.15) is 42.7 Å². The molecule has 2 aliphatic heterocycles. The van der Waals surface area contributed by atoms with E-state index in [9.17, 15) is 18.7 Å². The predicted octanol–water partition coefficient (Wildman–Crippen LogP) is 4.33. The van der Waals surface area contributed by atoms with Crippen LogP contribution in [-0.4, -0.2) is 69.6 Å². The van der Waals surface area contributed by atoms with Gasteiger partial charge >= 0.3 is 0 Å². The number of likely N-dealkylation sites (tertiary alicyclic amines) is 2. The standard InChI is InChI=1S/C28H32F2N4O2/c29-22-14-19(15-23(30)16-22)3-4-27(36)34-12-7-21(8-13-34)26(18-35)33-10-5-20(6-11-33)25-17-32-28-24(25)2-1-9-31-28/h1-4,9,14-17,20-21,26,35H,5-8,10-13,18H2,(H,31,32)/b4-3+/t26-/m1/s1. The molecule has 3 aromatic rings. The van der Waals surface area contributed by atoms with Crippen LogP contribution in [0.3, 0.4) is 0 Å². The highest BCUT2D eigenvalue weighted by molar-refractivity contribution is 5.91. The maximum absolute atomic E-state index is 13.4. The van der Waals surface area contributed by atoms with Crippen LogP contribution < -0.4 is 0 Å². The summed E-state index contributed by atoms with van der Waals surface area (Å²) in [7, 11) is 0. The van der Waals surface area contributed by atoms with E-state index >= 15 is 0 Å². The van der Waals surface area contributed by atoms with Crippen molar-refractivity contribution in [1.29, 1.82) is 0 Å². The Morgan fingerprint density at radius 1 is 1.11 bits per heavy atom. The molecule has 1 atom stereocenters. The van der Waals surface area contributed by atoms with Gasteiger partial charge in [-0.15, -0.1) is 0 Å². The zero-order valence-corrected chi connectivity index (χ0v) is 20.2. The largest absolute Gasteiger partial charge is 0.395 e. The van der Waals surface area contributed by atoms with E-state index in [1.807, 2.05) is 6.07 Å². The lowest BCUT2D eigenvalue weighted by molar-refractivity contribution is -0.127.